The van der Waals surface area contributed by atoms with Crippen LogP contribution in [0, 0.1) is 0 Å². The van der Waals surface area contributed by atoms with Crippen molar-refractivity contribution in [3.05, 3.63) is 66.0 Å². The Morgan fingerprint density at radius 2 is 1.87 bits per heavy atom. The zero-order valence-corrected chi connectivity index (χ0v) is 16.7. The van der Waals surface area contributed by atoms with E-state index in [4.69, 9.17) is 9.47 Å². The number of alkyl halides is 2. The molecule has 1 aromatic heterocycles. The van der Waals surface area contributed by atoms with Gasteiger partial charge in [-0.2, -0.15) is 13.9 Å². The van der Waals surface area contributed by atoms with Crippen molar-refractivity contribution in [2.75, 3.05) is 13.8 Å². The predicted molar refractivity (Wildman–Crippen MR) is 110 cm³/mol. The molecule has 0 atom stereocenters. The van der Waals surface area contributed by atoms with Gasteiger partial charge in [-0.05, 0) is 23.8 Å². The maximum absolute atomic E-state index is 12.8. The summed E-state index contributed by atoms with van der Waals surface area (Å²) in [6.07, 6.45) is 3.59. The molecule has 10 heteroatoms. The van der Waals surface area contributed by atoms with Gasteiger partial charge < -0.3 is 24.8 Å². The molecule has 0 aliphatic carbocycles. The normalized spacial score (nSPS) is 12.8. The molecule has 2 heterocycles. The number of rotatable bonds is 7. The van der Waals surface area contributed by atoms with E-state index in [1.807, 2.05) is 36.5 Å². The lowest BCUT2D eigenvalue weighted by Gasteiger charge is -2.16. The molecule has 0 radical (unpaired) electrons. The monoisotopic (exact) mass is 429 g/mol. The number of ether oxygens (including phenoxy) is 3. The average Bonchev–Trinajstić information content (AvgIpc) is 3.45. The summed E-state index contributed by atoms with van der Waals surface area (Å²) in [7, 11) is 1.63. The van der Waals surface area contributed by atoms with Crippen molar-refractivity contribution in [1.82, 2.24) is 20.4 Å². The van der Waals surface area contributed by atoms with Gasteiger partial charge in [0.15, 0.2) is 17.5 Å². The van der Waals surface area contributed by atoms with Gasteiger partial charge in [0.2, 0.25) is 6.79 Å². The summed E-state index contributed by atoms with van der Waals surface area (Å²) in [4.78, 5) is 4.20. The second-order valence-corrected chi connectivity index (χ2v) is 6.55. The predicted octanol–water partition coefficient (Wildman–Crippen LogP) is 3.07. The van der Waals surface area contributed by atoms with Crippen molar-refractivity contribution in [1.29, 1.82) is 0 Å². The van der Waals surface area contributed by atoms with Crippen LogP contribution >= 0.6 is 0 Å². The van der Waals surface area contributed by atoms with Gasteiger partial charge in [-0.1, -0.05) is 18.2 Å². The molecular formula is C21H21F2N5O3. The molecule has 162 valence electrons. The summed E-state index contributed by atoms with van der Waals surface area (Å²) < 4.78 is 42.7. The van der Waals surface area contributed by atoms with Crippen LogP contribution in [0.5, 0.6) is 17.2 Å². The van der Waals surface area contributed by atoms with Gasteiger partial charge in [0.05, 0.1) is 5.69 Å². The summed E-state index contributed by atoms with van der Waals surface area (Å²) in [5.41, 5.74) is 2.45. The maximum atomic E-state index is 12.8. The lowest BCUT2D eigenvalue weighted by Crippen LogP contribution is -2.36. The molecule has 2 aromatic carbocycles. The first-order chi connectivity index (χ1) is 15.1. The summed E-state index contributed by atoms with van der Waals surface area (Å²) in [6, 6.07) is 12.7. The Balaban J connectivity index is 1.43. The highest BCUT2D eigenvalue weighted by Crippen LogP contribution is 2.38. The first kappa shape index (κ1) is 20.5. The molecule has 0 amide bonds. The Morgan fingerprint density at radius 3 is 2.58 bits per heavy atom. The number of benzene rings is 2. The first-order valence-corrected chi connectivity index (χ1v) is 9.54. The fourth-order valence-corrected chi connectivity index (χ4v) is 3.18. The van der Waals surface area contributed by atoms with E-state index >= 15 is 0 Å². The number of hydrogen-bond donors (Lipinski definition) is 2. The van der Waals surface area contributed by atoms with E-state index < -0.39 is 6.61 Å². The highest BCUT2D eigenvalue weighted by molar-refractivity contribution is 5.79. The Kier molecular flexibility index (Phi) is 6.16. The standard InChI is InChI=1S/C21H21F2N5O3/c1-24-21(25-11-14-5-2-3-6-16(14)28-8-4-7-27-28)26-12-15-9-18-19(30-13-29-18)10-17(15)31-20(22)23/h2-10,20H,11-13H2,1H3,(H2,24,25,26). The highest BCUT2D eigenvalue weighted by atomic mass is 19.3. The number of nitrogens with zero attached hydrogens (tertiary/aromatic N) is 3. The Morgan fingerprint density at radius 1 is 1.13 bits per heavy atom. The minimum atomic E-state index is -2.95. The topological polar surface area (TPSA) is 81.9 Å². The third-order valence-corrected chi connectivity index (χ3v) is 4.63. The number of guanidine groups is 1. The summed E-state index contributed by atoms with van der Waals surface area (Å²) in [6.45, 7) is -2.23. The van der Waals surface area contributed by atoms with E-state index in [2.05, 4.69) is 25.5 Å². The summed E-state index contributed by atoms with van der Waals surface area (Å²) >= 11 is 0. The van der Waals surface area contributed by atoms with Crippen molar-refractivity contribution in [3.63, 3.8) is 0 Å². The molecule has 1 aliphatic heterocycles. The number of halogens is 2. The van der Waals surface area contributed by atoms with E-state index in [0.717, 1.165) is 11.3 Å². The van der Waals surface area contributed by atoms with Crippen molar-refractivity contribution >= 4 is 5.96 Å². The highest BCUT2D eigenvalue weighted by Gasteiger charge is 2.20. The summed E-state index contributed by atoms with van der Waals surface area (Å²) in [5.74, 6) is 1.37. The third kappa shape index (κ3) is 4.85. The van der Waals surface area contributed by atoms with Gasteiger partial charge in [-0.3, -0.25) is 4.99 Å². The average molecular weight is 429 g/mol. The lowest BCUT2D eigenvalue weighted by molar-refractivity contribution is -0.0505. The fraction of sp³-hybridized carbons (Fsp3) is 0.238. The molecule has 3 aromatic rings. The van der Waals surface area contributed by atoms with Gasteiger partial charge in [0.25, 0.3) is 0 Å². The lowest BCUT2D eigenvalue weighted by atomic mass is 10.1. The molecule has 0 unspecified atom stereocenters. The van der Waals surface area contributed by atoms with E-state index in [1.165, 1.54) is 6.07 Å². The molecule has 0 saturated carbocycles. The largest absolute Gasteiger partial charge is 0.454 e. The Labute approximate surface area is 177 Å². The fourth-order valence-electron chi connectivity index (χ4n) is 3.18. The van der Waals surface area contributed by atoms with Gasteiger partial charge >= 0.3 is 6.61 Å². The van der Waals surface area contributed by atoms with Crippen LogP contribution in [-0.4, -0.2) is 36.2 Å². The second kappa shape index (κ2) is 9.33. The zero-order valence-electron chi connectivity index (χ0n) is 16.7. The van der Waals surface area contributed by atoms with Crippen LogP contribution < -0.4 is 24.8 Å². The van der Waals surface area contributed by atoms with Crippen LogP contribution in [0.4, 0.5) is 8.78 Å². The minimum absolute atomic E-state index is 0.0197. The number of aromatic nitrogens is 2. The van der Waals surface area contributed by atoms with Crippen molar-refractivity contribution in [3.8, 4) is 22.9 Å². The van der Waals surface area contributed by atoms with Crippen LogP contribution in [0.25, 0.3) is 5.69 Å². The van der Waals surface area contributed by atoms with Crippen LogP contribution in [0.2, 0.25) is 0 Å². The van der Waals surface area contributed by atoms with E-state index in [0.29, 0.717) is 29.6 Å². The van der Waals surface area contributed by atoms with Gasteiger partial charge in [0.1, 0.15) is 5.75 Å². The van der Waals surface area contributed by atoms with Crippen LogP contribution in [0.15, 0.2) is 59.9 Å². The Hall–Kier alpha value is -3.82. The van der Waals surface area contributed by atoms with Crippen LogP contribution in [0.1, 0.15) is 11.1 Å². The number of fused-ring (bicyclic) bond motifs is 1. The molecule has 0 fully saturated rings. The second-order valence-electron chi connectivity index (χ2n) is 6.55. The molecule has 8 nitrogen and oxygen atoms in total. The maximum Gasteiger partial charge on any atom is 0.387 e. The molecular weight excluding hydrogens is 408 g/mol. The van der Waals surface area contributed by atoms with Crippen molar-refractivity contribution in [2.24, 2.45) is 4.99 Å². The molecule has 2 N–H and O–H groups in total. The van der Waals surface area contributed by atoms with E-state index in [1.54, 1.807) is 24.0 Å². The molecule has 0 saturated heterocycles. The summed E-state index contributed by atoms with van der Waals surface area (Å²) in [5, 5.41) is 10.6. The van der Waals surface area contributed by atoms with Crippen molar-refractivity contribution < 1.29 is 23.0 Å². The molecule has 1 aliphatic rings. The third-order valence-electron chi connectivity index (χ3n) is 4.63. The smallest absolute Gasteiger partial charge is 0.387 e. The molecule has 0 bridgehead atoms. The Bertz CT molecular complexity index is 1060. The van der Waals surface area contributed by atoms with Gasteiger partial charge in [0, 0.05) is 44.2 Å². The van der Waals surface area contributed by atoms with E-state index in [9.17, 15) is 8.78 Å². The van der Waals surface area contributed by atoms with Crippen LogP contribution in [0.3, 0.4) is 0 Å². The first-order valence-electron chi connectivity index (χ1n) is 9.54. The molecule has 31 heavy (non-hydrogen) atoms. The molecule has 4 rings (SSSR count). The van der Waals surface area contributed by atoms with Gasteiger partial charge in [-0.15, -0.1) is 0 Å². The SMILES string of the molecule is CN=C(NCc1cc2c(cc1OC(F)F)OCO2)NCc1ccccc1-n1cccn1. The zero-order chi connectivity index (χ0) is 21.6. The number of hydrogen-bond acceptors (Lipinski definition) is 5. The molecule has 0 spiro atoms. The minimum Gasteiger partial charge on any atom is -0.454 e. The van der Waals surface area contributed by atoms with Crippen molar-refractivity contribution in [2.45, 2.75) is 19.7 Å². The number of aliphatic imine (C=N–C) groups is 1. The van der Waals surface area contributed by atoms with E-state index in [-0.39, 0.29) is 19.1 Å². The number of para-hydroxylation sites is 1. The quantitative estimate of drug-likeness (QED) is 0.444. The number of nitrogens with one attached hydrogen (secondary N) is 2. The van der Waals surface area contributed by atoms with Gasteiger partial charge in [-0.25, -0.2) is 4.68 Å². The van der Waals surface area contributed by atoms with Crippen LogP contribution in [-0.2, 0) is 13.1 Å².